The van der Waals surface area contributed by atoms with Crippen LogP contribution in [0.4, 0.5) is 0 Å². The van der Waals surface area contributed by atoms with Gasteiger partial charge in [0.2, 0.25) is 0 Å². The number of rotatable bonds is 7. The van der Waals surface area contributed by atoms with E-state index in [4.69, 9.17) is 14.2 Å². The fraction of sp³-hybridized carbons (Fsp3) is 0.609. The molecule has 1 unspecified atom stereocenters. The molecule has 1 aromatic carbocycles. The van der Waals surface area contributed by atoms with E-state index in [-0.39, 0.29) is 29.8 Å². The van der Waals surface area contributed by atoms with Gasteiger partial charge in [0.25, 0.3) is 0 Å². The summed E-state index contributed by atoms with van der Waals surface area (Å²) in [6, 6.07) is 8.96. The van der Waals surface area contributed by atoms with Crippen LogP contribution in [0.25, 0.3) is 0 Å². The Hall–Kier alpha value is -2.41. The van der Waals surface area contributed by atoms with Gasteiger partial charge in [0.05, 0.1) is 5.56 Å². The van der Waals surface area contributed by atoms with E-state index in [0.29, 0.717) is 24.9 Å². The van der Waals surface area contributed by atoms with Gasteiger partial charge in [0, 0.05) is 44.3 Å². The lowest BCUT2D eigenvalue weighted by Gasteiger charge is -2.55. The zero-order valence-electron chi connectivity index (χ0n) is 18.8. The van der Waals surface area contributed by atoms with Crippen LogP contribution in [0.3, 0.4) is 0 Å². The van der Waals surface area contributed by atoms with Crippen molar-refractivity contribution in [1.29, 1.82) is 0 Å². The molecule has 0 bridgehead atoms. The topological polar surface area (TPSA) is 82.1 Å². The number of ether oxygens (including phenoxy) is 3. The van der Waals surface area contributed by atoms with Crippen molar-refractivity contribution in [1.82, 2.24) is 4.90 Å². The fourth-order valence-electron chi connectivity index (χ4n) is 4.37. The maximum absolute atomic E-state index is 12.5. The molecule has 30 heavy (non-hydrogen) atoms. The highest BCUT2D eigenvalue weighted by Crippen LogP contribution is 2.40. The summed E-state index contributed by atoms with van der Waals surface area (Å²) in [6.07, 6.45) is 0.457. The average Bonchev–Trinajstić information content (AvgIpc) is 2.62. The van der Waals surface area contributed by atoms with E-state index in [2.05, 4.69) is 32.6 Å². The average molecular weight is 420 g/mol. The fourth-order valence-corrected chi connectivity index (χ4v) is 4.37. The quantitative estimate of drug-likeness (QED) is 0.495. The van der Waals surface area contributed by atoms with E-state index < -0.39 is 18.0 Å². The van der Waals surface area contributed by atoms with Crippen LogP contribution in [0.15, 0.2) is 30.3 Å². The number of carbonyl (C=O) groups is 3. The highest BCUT2D eigenvalue weighted by Gasteiger charge is 2.47. The van der Waals surface area contributed by atoms with Crippen LogP contribution in [0.5, 0.6) is 0 Å². The molecule has 0 radical (unpaired) electrons. The summed E-state index contributed by atoms with van der Waals surface area (Å²) in [7, 11) is 0. The second kappa shape index (κ2) is 9.60. The number of carbonyl (C=O) groups excluding carboxylic acids is 3. The van der Waals surface area contributed by atoms with E-state index >= 15 is 0 Å². The summed E-state index contributed by atoms with van der Waals surface area (Å²) < 4.78 is 16.3. The van der Waals surface area contributed by atoms with Gasteiger partial charge in [-0.05, 0) is 39.8 Å². The molecule has 0 N–H and O–H groups in total. The van der Waals surface area contributed by atoms with Crippen molar-refractivity contribution in [3.05, 3.63) is 35.9 Å². The Balaban J connectivity index is 2.12. The molecular formula is C23H33NO6. The second-order valence-corrected chi connectivity index (χ2v) is 9.07. The van der Waals surface area contributed by atoms with Crippen LogP contribution in [0.2, 0.25) is 0 Å². The molecule has 1 heterocycles. The van der Waals surface area contributed by atoms with Crippen molar-refractivity contribution in [3.8, 4) is 0 Å². The number of piperidine rings is 1. The van der Waals surface area contributed by atoms with Gasteiger partial charge in [-0.3, -0.25) is 14.5 Å². The van der Waals surface area contributed by atoms with Crippen molar-refractivity contribution in [2.24, 2.45) is 0 Å². The van der Waals surface area contributed by atoms with Crippen molar-refractivity contribution < 1.29 is 28.6 Å². The maximum atomic E-state index is 12.5. The summed E-state index contributed by atoms with van der Waals surface area (Å²) in [6.45, 7) is 11.4. The van der Waals surface area contributed by atoms with Crippen LogP contribution in [-0.4, -0.2) is 59.2 Å². The third-order valence-electron chi connectivity index (χ3n) is 5.39. The Labute approximate surface area is 178 Å². The van der Waals surface area contributed by atoms with Gasteiger partial charge in [-0.2, -0.15) is 0 Å². The highest BCUT2D eigenvalue weighted by molar-refractivity contribution is 5.89. The Kier molecular flexibility index (Phi) is 7.64. The minimum Gasteiger partial charge on any atom is -0.462 e. The van der Waals surface area contributed by atoms with Crippen LogP contribution < -0.4 is 0 Å². The van der Waals surface area contributed by atoms with Gasteiger partial charge in [0.15, 0.2) is 0 Å². The highest BCUT2D eigenvalue weighted by atomic mass is 16.6. The van der Waals surface area contributed by atoms with Gasteiger partial charge in [0.1, 0.15) is 18.8 Å². The van der Waals surface area contributed by atoms with Gasteiger partial charge < -0.3 is 14.2 Å². The molecule has 0 spiro atoms. The molecule has 0 saturated carbocycles. The van der Waals surface area contributed by atoms with Crippen LogP contribution in [-0.2, 0) is 23.8 Å². The maximum Gasteiger partial charge on any atom is 0.338 e. The van der Waals surface area contributed by atoms with Gasteiger partial charge >= 0.3 is 17.9 Å². The number of hydrogen-bond donors (Lipinski definition) is 0. The predicted molar refractivity (Wildman–Crippen MR) is 112 cm³/mol. The molecule has 7 heteroatoms. The van der Waals surface area contributed by atoms with Crippen molar-refractivity contribution in [2.45, 2.75) is 77.7 Å². The number of hydrogen-bond acceptors (Lipinski definition) is 7. The first-order valence-electron chi connectivity index (χ1n) is 10.2. The number of esters is 3. The third kappa shape index (κ3) is 6.55. The second-order valence-electron chi connectivity index (χ2n) is 9.07. The largest absolute Gasteiger partial charge is 0.462 e. The number of likely N-dealkylation sites (tertiary alicyclic amines) is 1. The summed E-state index contributed by atoms with van der Waals surface area (Å²) in [4.78, 5) is 37.5. The van der Waals surface area contributed by atoms with Crippen molar-refractivity contribution in [2.75, 3.05) is 13.2 Å². The lowest BCUT2D eigenvalue weighted by atomic mass is 9.77. The number of benzene rings is 1. The standard InChI is InChI=1S/C23H33NO6/c1-16(25)28-15-20(29-17(2)26)14-24-22(3,4)12-19(13-23(24,5)6)30-21(27)18-10-8-7-9-11-18/h7-11,19-20H,12-15H2,1-6H3. The molecule has 1 aromatic rings. The molecule has 1 fully saturated rings. The van der Waals surface area contributed by atoms with E-state index in [1.54, 1.807) is 12.1 Å². The third-order valence-corrected chi connectivity index (χ3v) is 5.39. The molecular weight excluding hydrogens is 386 g/mol. The molecule has 1 saturated heterocycles. The Morgan fingerprint density at radius 3 is 2.07 bits per heavy atom. The Morgan fingerprint density at radius 2 is 1.57 bits per heavy atom. The van der Waals surface area contributed by atoms with Crippen molar-refractivity contribution >= 4 is 17.9 Å². The summed E-state index contributed by atoms with van der Waals surface area (Å²) in [5.41, 5.74) is -0.137. The first-order chi connectivity index (χ1) is 13.9. The minimum atomic E-state index is -0.576. The normalized spacial score (nSPS) is 19.5. The van der Waals surface area contributed by atoms with Crippen LogP contribution in [0.1, 0.15) is 64.7 Å². The first kappa shape index (κ1) is 23.9. The van der Waals surface area contributed by atoms with E-state index in [1.165, 1.54) is 13.8 Å². The van der Waals surface area contributed by atoms with E-state index in [9.17, 15) is 14.4 Å². The van der Waals surface area contributed by atoms with Crippen molar-refractivity contribution in [3.63, 3.8) is 0 Å². The summed E-state index contributed by atoms with van der Waals surface area (Å²) in [5, 5.41) is 0. The predicted octanol–water partition coefficient (Wildman–Crippen LogP) is 3.36. The van der Waals surface area contributed by atoms with Crippen LogP contribution >= 0.6 is 0 Å². The minimum absolute atomic E-state index is 0.00396. The van der Waals surface area contributed by atoms with E-state index in [1.807, 2.05) is 18.2 Å². The Morgan fingerprint density at radius 1 is 1.00 bits per heavy atom. The van der Waals surface area contributed by atoms with E-state index in [0.717, 1.165) is 0 Å². The molecule has 0 aliphatic carbocycles. The van der Waals surface area contributed by atoms with Gasteiger partial charge in [-0.15, -0.1) is 0 Å². The van der Waals surface area contributed by atoms with Gasteiger partial charge in [-0.25, -0.2) is 4.79 Å². The lowest BCUT2D eigenvalue weighted by molar-refractivity contribution is -0.163. The summed E-state index contributed by atoms with van der Waals surface area (Å²) in [5.74, 6) is -1.17. The Bertz CT molecular complexity index is 740. The van der Waals surface area contributed by atoms with Gasteiger partial charge in [-0.1, -0.05) is 18.2 Å². The molecule has 166 valence electrons. The monoisotopic (exact) mass is 419 g/mol. The molecule has 1 aliphatic rings. The lowest BCUT2D eigenvalue weighted by Crippen LogP contribution is -2.64. The first-order valence-corrected chi connectivity index (χ1v) is 10.2. The zero-order chi connectivity index (χ0) is 22.5. The summed E-state index contributed by atoms with van der Waals surface area (Å²) >= 11 is 0. The van der Waals surface area contributed by atoms with Crippen LogP contribution in [0, 0.1) is 0 Å². The molecule has 1 atom stereocenters. The molecule has 2 rings (SSSR count). The number of nitrogens with zero attached hydrogens (tertiary/aromatic N) is 1. The molecule has 0 amide bonds. The smallest absolute Gasteiger partial charge is 0.338 e. The molecule has 7 nitrogen and oxygen atoms in total. The molecule has 0 aromatic heterocycles. The molecule has 1 aliphatic heterocycles. The zero-order valence-corrected chi connectivity index (χ0v) is 18.8. The SMILES string of the molecule is CC(=O)OCC(CN1C(C)(C)CC(OC(=O)c2ccccc2)CC1(C)C)OC(C)=O.